The zero-order valence-electron chi connectivity index (χ0n) is 3.82. The van der Waals surface area contributed by atoms with E-state index in [1.807, 2.05) is 0 Å². The van der Waals surface area contributed by atoms with Gasteiger partial charge in [-0.05, 0) is 0 Å². The molecule has 42 valence electrons. The van der Waals surface area contributed by atoms with Crippen molar-refractivity contribution in [3.05, 3.63) is 12.7 Å². The van der Waals surface area contributed by atoms with Gasteiger partial charge in [-0.3, -0.25) is 5.73 Å². The molecule has 0 radical (unpaired) electrons. The lowest BCUT2D eigenvalue weighted by molar-refractivity contribution is 0.0116. The van der Waals surface area contributed by atoms with Gasteiger partial charge in [0.15, 0.2) is 0 Å². The first-order valence-corrected chi connectivity index (χ1v) is 1.84. The molecule has 0 heterocycles. The van der Waals surface area contributed by atoms with Crippen molar-refractivity contribution in [1.82, 2.24) is 0 Å². The third kappa shape index (κ3) is 5.56. The van der Waals surface area contributed by atoms with E-state index in [2.05, 4.69) is 12.3 Å². The van der Waals surface area contributed by atoms with Crippen molar-refractivity contribution in [1.29, 1.82) is 0 Å². The summed E-state index contributed by atoms with van der Waals surface area (Å²) in [5, 5.41) is 0. The van der Waals surface area contributed by atoms with Gasteiger partial charge in [0.2, 0.25) is 0 Å². The minimum absolute atomic E-state index is 0.451. The first-order valence-electron chi connectivity index (χ1n) is 1.84. The summed E-state index contributed by atoms with van der Waals surface area (Å²) in [6.45, 7) is 3.09. The van der Waals surface area contributed by atoms with E-state index in [0.29, 0.717) is 0 Å². The molecule has 0 rings (SSSR count). The molecule has 3 heteroatoms. The number of hydrogen-bond donors (Lipinski definition) is 1. The van der Waals surface area contributed by atoms with E-state index in [-0.39, 0.29) is 0 Å². The zero-order chi connectivity index (χ0) is 5.91. The fraction of sp³-hybridized carbons (Fsp3) is 0.500. The van der Waals surface area contributed by atoms with Crippen LogP contribution < -0.4 is 5.73 Å². The Balaban J connectivity index is 3.34. The van der Waals surface area contributed by atoms with Crippen molar-refractivity contribution in [3.63, 3.8) is 0 Å². The van der Waals surface area contributed by atoms with E-state index in [4.69, 9.17) is 0 Å². The van der Waals surface area contributed by atoms with Gasteiger partial charge in [0.05, 0.1) is 0 Å². The van der Waals surface area contributed by atoms with Gasteiger partial charge in [-0.2, -0.15) is 8.78 Å². The van der Waals surface area contributed by atoms with E-state index < -0.39 is 12.5 Å². The lowest BCUT2D eigenvalue weighted by atomic mass is 10.4. The van der Waals surface area contributed by atoms with Crippen LogP contribution >= 0.6 is 0 Å². The first kappa shape index (κ1) is 6.56. The highest BCUT2D eigenvalue weighted by molar-refractivity contribution is 4.73. The maximum absolute atomic E-state index is 11.4. The minimum Gasteiger partial charge on any atom is -0.272 e. The fourth-order valence-corrected chi connectivity index (χ4v) is 0.192. The molecule has 0 amide bonds. The molecular formula is C4H7F2N. The normalized spacial score (nSPS) is 11.3. The molecule has 2 N–H and O–H groups in total. The second-order valence-electron chi connectivity index (χ2n) is 1.25. The minimum atomic E-state index is -3.07. The summed E-state index contributed by atoms with van der Waals surface area (Å²) < 4.78 is 22.9. The molecule has 0 unspecified atom stereocenters. The third-order valence-corrected chi connectivity index (χ3v) is 0.416. The number of hydrogen-bond acceptors (Lipinski definition) is 1. The van der Waals surface area contributed by atoms with Crippen molar-refractivity contribution in [2.75, 3.05) is 0 Å². The highest BCUT2D eigenvalue weighted by Gasteiger charge is 2.17. The number of rotatable bonds is 2. The summed E-state index contributed by atoms with van der Waals surface area (Å²) in [5.41, 5.74) is 4.24. The third-order valence-electron chi connectivity index (χ3n) is 0.416. The predicted octanol–water partition coefficient (Wildman–Crippen LogP) is 1.11. The van der Waals surface area contributed by atoms with Gasteiger partial charge >= 0.3 is 6.05 Å². The van der Waals surface area contributed by atoms with Crippen LogP contribution in [0.1, 0.15) is 6.42 Å². The van der Waals surface area contributed by atoms with Crippen LogP contribution in [0.5, 0.6) is 0 Å². The van der Waals surface area contributed by atoms with Crippen LogP contribution in [0, 0.1) is 0 Å². The Hall–Kier alpha value is -0.440. The van der Waals surface area contributed by atoms with Crippen LogP contribution in [0.3, 0.4) is 0 Å². The van der Waals surface area contributed by atoms with E-state index >= 15 is 0 Å². The number of alkyl halides is 2. The molecule has 0 aromatic heterocycles. The van der Waals surface area contributed by atoms with Crippen molar-refractivity contribution >= 4 is 0 Å². The van der Waals surface area contributed by atoms with E-state index in [1.54, 1.807) is 0 Å². The molecule has 1 nitrogen and oxygen atoms in total. The molecule has 0 spiro atoms. The summed E-state index contributed by atoms with van der Waals surface area (Å²) in [6.07, 6.45) is 0.632. The first-order chi connectivity index (χ1) is 3.06. The van der Waals surface area contributed by atoms with Crippen LogP contribution in [0.4, 0.5) is 8.78 Å². The largest absolute Gasteiger partial charge is 0.303 e. The standard InChI is InChI=1S/C4H7F2N/c1-2-3-4(5,6)7/h2H,1,3,7H2. The molecule has 0 atom stereocenters. The highest BCUT2D eigenvalue weighted by Crippen LogP contribution is 2.08. The maximum atomic E-state index is 11.4. The Labute approximate surface area is 40.8 Å². The summed E-state index contributed by atoms with van der Waals surface area (Å²) in [6, 6.07) is -3.07. The average molecular weight is 107 g/mol. The monoisotopic (exact) mass is 107 g/mol. The average Bonchev–Trinajstić information content (AvgIpc) is 1.30. The second kappa shape index (κ2) is 2.02. The van der Waals surface area contributed by atoms with Gasteiger partial charge in [-0.1, -0.05) is 6.08 Å². The topological polar surface area (TPSA) is 26.0 Å². The quantitative estimate of drug-likeness (QED) is 0.415. The van der Waals surface area contributed by atoms with Crippen LogP contribution in [0.15, 0.2) is 12.7 Å². The summed E-state index contributed by atoms with van der Waals surface area (Å²) in [5.74, 6) is 0. The molecule has 0 saturated carbocycles. The van der Waals surface area contributed by atoms with Gasteiger partial charge in [0.25, 0.3) is 0 Å². The smallest absolute Gasteiger partial charge is 0.272 e. The van der Waals surface area contributed by atoms with Crippen molar-refractivity contribution in [3.8, 4) is 0 Å². The zero-order valence-corrected chi connectivity index (χ0v) is 3.82. The molecular weight excluding hydrogens is 100 g/mol. The van der Waals surface area contributed by atoms with Gasteiger partial charge in [0, 0.05) is 6.42 Å². The Morgan fingerprint density at radius 1 is 1.71 bits per heavy atom. The van der Waals surface area contributed by atoms with Gasteiger partial charge in [-0.15, -0.1) is 6.58 Å². The highest BCUT2D eigenvalue weighted by atomic mass is 19.3. The molecule has 0 bridgehead atoms. The molecule has 0 fully saturated rings. The van der Waals surface area contributed by atoms with Crippen LogP contribution in [-0.4, -0.2) is 6.05 Å². The predicted molar refractivity (Wildman–Crippen MR) is 23.9 cm³/mol. The molecule has 0 aliphatic heterocycles. The fourth-order valence-electron chi connectivity index (χ4n) is 0.192. The van der Waals surface area contributed by atoms with Crippen LogP contribution in [-0.2, 0) is 0 Å². The van der Waals surface area contributed by atoms with Gasteiger partial charge in [0.1, 0.15) is 0 Å². The maximum Gasteiger partial charge on any atom is 0.303 e. The molecule has 0 aromatic rings. The number of nitrogens with two attached hydrogens (primary N) is 1. The van der Waals surface area contributed by atoms with Crippen molar-refractivity contribution < 1.29 is 8.78 Å². The number of halogens is 2. The molecule has 7 heavy (non-hydrogen) atoms. The summed E-state index contributed by atoms with van der Waals surface area (Å²) in [4.78, 5) is 0. The molecule has 0 aliphatic carbocycles. The van der Waals surface area contributed by atoms with Gasteiger partial charge < -0.3 is 0 Å². The van der Waals surface area contributed by atoms with Crippen molar-refractivity contribution in [2.45, 2.75) is 12.5 Å². The Bertz CT molecular complexity index is 64.6. The molecule has 0 aromatic carbocycles. The van der Waals surface area contributed by atoms with Crippen LogP contribution in [0.2, 0.25) is 0 Å². The lowest BCUT2D eigenvalue weighted by Gasteiger charge is -2.03. The lowest BCUT2D eigenvalue weighted by Crippen LogP contribution is -2.26. The molecule has 0 aliphatic rings. The Morgan fingerprint density at radius 2 is 2.14 bits per heavy atom. The van der Waals surface area contributed by atoms with E-state index in [9.17, 15) is 8.78 Å². The van der Waals surface area contributed by atoms with Crippen LogP contribution in [0.25, 0.3) is 0 Å². The molecule has 0 saturated heterocycles. The van der Waals surface area contributed by atoms with E-state index in [0.717, 1.165) is 6.08 Å². The van der Waals surface area contributed by atoms with Gasteiger partial charge in [-0.25, -0.2) is 0 Å². The van der Waals surface area contributed by atoms with Crippen molar-refractivity contribution in [2.24, 2.45) is 5.73 Å². The van der Waals surface area contributed by atoms with E-state index in [1.165, 1.54) is 0 Å². The SMILES string of the molecule is C=CCC(N)(F)F. The Morgan fingerprint density at radius 3 is 2.14 bits per heavy atom. The summed E-state index contributed by atoms with van der Waals surface area (Å²) >= 11 is 0. The summed E-state index contributed by atoms with van der Waals surface area (Å²) in [7, 11) is 0. The second-order valence-corrected chi connectivity index (χ2v) is 1.25. The Kier molecular flexibility index (Phi) is 1.90.